The summed E-state index contributed by atoms with van der Waals surface area (Å²) >= 11 is 0. The van der Waals surface area contributed by atoms with Crippen molar-refractivity contribution >= 4 is 11.6 Å². The van der Waals surface area contributed by atoms with Gasteiger partial charge in [0.05, 0.1) is 28.9 Å². The molecule has 1 aliphatic rings. The number of benzene rings is 1. The molecule has 0 spiro atoms. The van der Waals surface area contributed by atoms with Gasteiger partial charge in [-0.05, 0) is 56.7 Å². The molecule has 0 saturated carbocycles. The summed E-state index contributed by atoms with van der Waals surface area (Å²) in [6.07, 6.45) is -4.01. The Bertz CT molecular complexity index is 916. The summed E-state index contributed by atoms with van der Waals surface area (Å²) in [5.74, 6) is -0.162. The number of nitriles is 1. The van der Waals surface area contributed by atoms with E-state index in [9.17, 15) is 18.0 Å². The Morgan fingerprint density at radius 3 is 2.39 bits per heavy atom. The predicted molar refractivity (Wildman–Crippen MR) is 97.3 cm³/mol. The average molecular weight is 388 g/mol. The van der Waals surface area contributed by atoms with Gasteiger partial charge in [-0.3, -0.25) is 10.1 Å². The van der Waals surface area contributed by atoms with E-state index in [4.69, 9.17) is 5.26 Å². The van der Waals surface area contributed by atoms with Crippen molar-refractivity contribution in [3.05, 3.63) is 59.4 Å². The van der Waals surface area contributed by atoms with E-state index in [1.165, 1.54) is 12.1 Å². The summed E-state index contributed by atoms with van der Waals surface area (Å²) in [5.41, 5.74) is -0.490. The molecule has 1 aromatic heterocycles. The molecular formula is C20H19F3N4O. The summed E-state index contributed by atoms with van der Waals surface area (Å²) in [6.45, 7) is 3.88. The summed E-state index contributed by atoms with van der Waals surface area (Å²) in [4.78, 5) is 18.1. The van der Waals surface area contributed by atoms with E-state index in [0.29, 0.717) is 24.2 Å². The van der Waals surface area contributed by atoms with E-state index in [1.54, 1.807) is 43.0 Å². The number of aromatic nitrogens is 1. The fraction of sp³-hybridized carbons (Fsp3) is 0.350. The number of pyridine rings is 1. The van der Waals surface area contributed by atoms with Gasteiger partial charge < -0.3 is 4.90 Å². The highest BCUT2D eigenvalue weighted by Crippen LogP contribution is 2.30. The third kappa shape index (κ3) is 3.99. The van der Waals surface area contributed by atoms with Crippen molar-refractivity contribution < 1.29 is 18.0 Å². The van der Waals surface area contributed by atoms with Crippen molar-refractivity contribution in [3.63, 3.8) is 0 Å². The number of halogens is 3. The Labute approximate surface area is 160 Å². The molecule has 1 aliphatic heterocycles. The highest BCUT2D eigenvalue weighted by molar-refractivity contribution is 5.99. The van der Waals surface area contributed by atoms with Gasteiger partial charge >= 0.3 is 6.18 Å². The van der Waals surface area contributed by atoms with Gasteiger partial charge in [0.1, 0.15) is 5.69 Å². The van der Waals surface area contributed by atoms with Crippen molar-refractivity contribution in [2.75, 3.05) is 11.4 Å². The summed E-state index contributed by atoms with van der Waals surface area (Å²) in [6, 6.07) is 11.9. The van der Waals surface area contributed by atoms with Crippen LogP contribution in [0, 0.1) is 11.3 Å². The topological polar surface area (TPSA) is 69.0 Å². The zero-order chi connectivity index (χ0) is 20.5. The summed E-state index contributed by atoms with van der Waals surface area (Å²) < 4.78 is 38.9. The predicted octanol–water partition coefficient (Wildman–Crippen LogP) is 3.60. The van der Waals surface area contributed by atoms with Gasteiger partial charge in [-0.15, -0.1) is 0 Å². The molecule has 0 bridgehead atoms. The van der Waals surface area contributed by atoms with Crippen LogP contribution in [0.25, 0.3) is 0 Å². The second kappa shape index (κ2) is 7.24. The number of amides is 1. The van der Waals surface area contributed by atoms with Gasteiger partial charge in [0.2, 0.25) is 5.91 Å². The van der Waals surface area contributed by atoms with Gasteiger partial charge in [0, 0.05) is 12.2 Å². The lowest BCUT2D eigenvalue weighted by atomic mass is 9.97. The molecule has 1 amide bonds. The van der Waals surface area contributed by atoms with Crippen LogP contribution in [0.1, 0.15) is 37.2 Å². The largest absolute Gasteiger partial charge is 0.433 e. The number of hydrogen-bond donors (Lipinski definition) is 1. The van der Waals surface area contributed by atoms with Crippen LogP contribution in [-0.2, 0) is 16.5 Å². The van der Waals surface area contributed by atoms with E-state index in [0.717, 1.165) is 6.07 Å². The number of anilines is 1. The molecule has 0 unspecified atom stereocenters. The van der Waals surface area contributed by atoms with Crippen LogP contribution in [0.5, 0.6) is 0 Å². The molecule has 1 saturated heterocycles. The standard InChI is InChI=1S/C20H19F3N4O/c1-19(2,16-4-3-5-17(25-16)20(21,22)23)26-15-10-11-27(18(15)28)14-8-6-13(12-24)7-9-14/h3-9,15,26H,10-11H2,1-2H3/t15-/m1/s1. The Morgan fingerprint density at radius 1 is 1.14 bits per heavy atom. The number of alkyl halides is 3. The lowest BCUT2D eigenvalue weighted by Gasteiger charge is -2.29. The van der Waals surface area contributed by atoms with E-state index in [1.807, 2.05) is 6.07 Å². The molecule has 1 atom stereocenters. The number of nitrogens with zero attached hydrogens (tertiary/aromatic N) is 3. The SMILES string of the molecule is CC(C)(N[C@@H]1CCN(c2ccc(C#N)cc2)C1=O)c1cccc(C(F)(F)F)n1. The number of hydrogen-bond acceptors (Lipinski definition) is 4. The molecule has 1 aromatic carbocycles. The summed E-state index contributed by atoms with van der Waals surface area (Å²) in [5, 5.41) is 12.0. The first kappa shape index (κ1) is 19.8. The maximum atomic E-state index is 13.0. The number of nitrogens with one attached hydrogen (secondary N) is 1. The molecular weight excluding hydrogens is 369 g/mol. The van der Waals surface area contributed by atoms with Crippen molar-refractivity contribution in [3.8, 4) is 6.07 Å². The van der Waals surface area contributed by atoms with Crippen molar-refractivity contribution in [2.24, 2.45) is 0 Å². The Balaban J connectivity index is 1.76. The Kier molecular flexibility index (Phi) is 5.13. The Hall–Kier alpha value is -2.92. The molecule has 2 aromatic rings. The molecule has 146 valence electrons. The minimum Gasteiger partial charge on any atom is -0.311 e. The first-order chi connectivity index (χ1) is 13.1. The fourth-order valence-corrected chi connectivity index (χ4v) is 3.24. The zero-order valence-corrected chi connectivity index (χ0v) is 15.4. The third-order valence-corrected chi connectivity index (χ3v) is 4.73. The first-order valence-corrected chi connectivity index (χ1v) is 8.76. The van der Waals surface area contributed by atoms with Crippen LogP contribution in [-0.4, -0.2) is 23.5 Å². The fourth-order valence-electron chi connectivity index (χ4n) is 3.24. The quantitative estimate of drug-likeness (QED) is 0.869. The highest BCUT2D eigenvalue weighted by atomic mass is 19.4. The van der Waals surface area contributed by atoms with Gasteiger partial charge in [0.15, 0.2) is 0 Å². The average Bonchev–Trinajstić information content (AvgIpc) is 3.01. The van der Waals surface area contributed by atoms with E-state index < -0.39 is 23.5 Å². The molecule has 5 nitrogen and oxygen atoms in total. The minimum atomic E-state index is -4.53. The van der Waals surface area contributed by atoms with Gasteiger partial charge in [-0.25, -0.2) is 4.98 Å². The number of carbonyl (C=O) groups excluding carboxylic acids is 1. The normalized spacial score (nSPS) is 17.6. The van der Waals surface area contributed by atoms with Crippen LogP contribution in [0.3, 0.4) is 0 Å². The van der Waals surface area contributed by atoms with Crippen molar-refractivity contribution in [1.29, 1.82) is 5.26 Å². The van der Waals surface area contributed by atoms with E-state index >= 15 is 0 Å². The molecule has 28 heavy (non-hydrogen) atoms. The second-order valence-corrected chi connectivity index (χ2v) is 7.16. The highest BCUT2D eigenvalue weighted by Gasteiger charge is 2.38. The van der Waals surface area contributed by atoms with Crippen LogP contribution < -0.4 is 10.2 Å². The smallest absolute Gasteiger partial charge is 0.311 e. The minimum absolute atomic E-state index is 0.162. The van der Waals surface area contributed by atoms with Gasteiger partial charge in [-0.2, -0.15) is 18.4 Å². The Morgan fingerprint density at radius 2 is 1.79 bits per heavy atom. The molecule has 1 N–H and O–H groups in total. The molecule has 8 heteroatoms. The van der Waals surface area contributed by atoms with Crippen LogP contribution >= 0.6 is 0 Å². The van der Waals surface area contributed by atoms with Crippen LogP contribution in [0.15, 0.2) is 42.5 Å². The lowest BCUT2D eigenvalue weighted by molar-refractivity contribution is -0.141. The molecule has 2 heterocycles. The molecule has 3 rings (SSSR count). The van der Waals surface area contributed by atoms with Crippen molar-refractivity contribution in [1.82, 2.24) is 10.3 Å². The zero-order valence-electron chi connectivity index (χ0n) is 15.4. The van der Waals surface area contributed by atoms with Crippen LogP contribution in [0.2, 0.25) is 0 Å². The molecule has 0 aliphatic carbocycles. The maximum Gasteiger partial charge on any atom is 0.433 e. The van der Waals surface area contributed by atoms with E-state index in [-0.39, 0.29) is 11.6 Å². The number of rotatable bonds is 4. The number of carbonyl (C=O) groups is 1. The van der Waals surface area contributed by atoms with Crippen molar-refractivity contribution in [2.45, 2.75) is 38.0 Å². The van der Waals surface area contributed by atoms with Gasteiger partial charge in [-0.1, -0.05) is 6.07 Å². The van der Waals surface area contributed by atoms with E-state index in [2.05, 4.69) is 10.3 Å². The second-order valence-electron chi connectivity index (χ2n) is 7.16. The monoisotopic (exact) mass is 388 g/mol. The molecule has 1 fully saturated rings. The third-order valence-electron chi connectivity index (χ3n) is 4.73. The van der Waals surface area contributed by atoms with Crippen LogP contribution in [0.4, 0.5) is 18.9 Å². The lowest BCUT2D eigenvalue weighted by Crippen LogP contribution is -2.48. The maximum absolute atomic E-state index is 13.0. The van der Waals surface area contributed by atoms with Gasteiger partial charge in [0.25, 0.3) is 0 Å². The first-order valence-electron chi connectivity index (χ1n) is 8.76. The molecule has 0 radical (unpaired) electrons. The summed E-state index contributed by atoms with van der Waals surface area (Å²) in [7, 11) is 0.